The third-order valence-electron chi connectivity index (χ3n) is 9.14. The molecule has 59 heavy (non-hydrogen) atoms. The first-order valence-electron chi connectivity index (χ1n) is 18.6. The highest BCUT2D eigenvalue weighted by Crippen LogP contribution is 2.20. The number of carbonyl (C=O) groups excluding carboxylic acids is 5. The molecule has 0 radical (unpaired) electrons. The van der Waals surface area contributed by atoms with E-state index in [1.165, 1.54) is 24.3 Å². The number of nitrogens with two attached hydrogens (primary N) is 2. The average Bonchev–Trinajstić information content (AvgIpc) is 3.60. The number of hydrogen-bond donors (Lipinski definition) is 13. The number of amides is 5. The summed E-state index contributed by atoms with van der Waals surface area (Å²) in [5, 5.41) is 50.7. The Balaban J connectivity index is 1.96. The van der Waals surface area contributed by atoms with Crippen LogP contribution in [-0.4, -0.2) is 121 Å². The first kappa shape index (κ1) is 47.2. The summed E-state index contributed by atoms with van der Waals surface area (Å²) in [6.07, 6.45) is 0.450. The van der Waals surface area contributed by atoms with Crippen LogP contribution in [0.15, 0.2) is 54.7 Å². The van der Waals surface area contributed by atoms with Gasteiger partial charge < -0.3 is 63.5 Å². The van der Waals surface area contributed by atoms with E-state index in [1.54, 1.807) is 30.5 Å². The van der Waals surface area contributed by atoms with E-state index in [1.807, 2.05) is 0 Å². The Morgan fingerprint density at radius 1 is 0.661 bits per heavy atom. The molecule has 0 bridgehead atoms. The molecular formula is C38H50N8O12S. The average molecular weight is 843 g/mol. The van der Waals surface area contributed by atoms with Crippen LogP contribution in [0.25, 0.3) is 10.9 Å². The van der Waals surface area contributed by atoms with Gasteiger partial charge in [0.2, 0.25) is 29.5 Å². The van der Waals surface area contributed by atoms with Gasteiger partial charge in [0.1, 0.15) is 36.0 Å². The maximum atomic E-state index is 14.1. The fraction of sp³-hybridized carbons (Fsp3) is 0.421. The number of rotatable bonds is 25. The maximum Gasteiger partial charge on any atom is 0.327 e. The first-order chi connectivity index (χ1) is 28.0. The Kier molecular flexibility index (Phi) is 18.6. The van der Waals surface area contributed by atoms with Gasteiger partial charge >= 0.3 is 17.9 Å². The van der Waals surface area contributed by atoms with Crippen LogP contribution in [0.4, 0.5) is 0 Å². The quantitative estimate of drug-likeness (QED) is 0.0356. The fourth-order valence-electron chi connectivity index (χ4n) is 5.92. The molecule has 20 nitrogen and oxygen atoms in total. The van der Waals surface area contributed by atoms with Gasteiger partial charge in [0, 0.05) is 42.1 Å². The molecule has 0 aliphatic rings. The van der Waals surface area contributed by atoms with Crippen molar-refractivity contribution in [3.8, 4) is 5.75 Å². The van der Waals surface area contributed by atoms with Crippen molar-refractivity contribution in [2.75, 3.05) is 12.3 Å². The standard InChI is InChI=1S/C38H50N8O12S/c39-14-4-3-6-24(40)33(52)43-27(15-20-8-10-22(47)11-9-20)35(54)44-28(16-21-18-41-25-7-2-1-5-23(21)25)36(55)45-29(17-32(50)51)37(56)42-26(12-13-31(48)49)34(53)46-30(19-59)38(57)58/h1-2,5,7-11,18,24,26-30,41,47,59H,3-4,6,12-17,19,39-40H2,(H,42,56)(H,43,52)(H,44,54)(H,45,55)(H,46,53)(H,48,49)(H,50,51)(H,57,58)/t24?,26?,27?,28-,29?,30?/m0/s1. The van der Waals surface area contributed by atoms with Crippen molar-refractivity contribution < 1.29 is 58.8 Å². The number of H-pyrrole nitrogens is 1. The van der Waals surface area contributed by atoms with Crippen molar-refractivity contribution in [1.29, 1.82) is 0 Å². The Hall–Kier alpha value is -6.19. The lowest BCUT2D eigenvalue weighted by Crippen LogP contribution is -2.60. The zero-order valence-corrected chi connectivity index (χ0v) is 32.8. The van der Waals surface area contributed by atoms with Crippen molar-refractivity contribution in [2.45, 2.75) is 87.6 Å². The van der Waals surface area contributed by atoms with E-state index in [2.05, 4.69) is 44.2 Å². The van der Waals surface area contributed by atoms with Gasteiger partial charge in [0.25, 0.3) is 0 Å². The summed E-state index contributed by atoms with van der Waals surface area (Å²) in [7, 11) is 0. The molecular weight excluding hydrogens is 793 g/mol. The molecule has 0 spiro atoms. The minimum Gasteiger partial charge on any atom is -0.508 e. The normalized spacial score (nSPS) is 14.1. The van der Waals surface area contributed by atoms with Crippen LogP contribution in [0.5, 0.6) is 5.75 Å². The summed E-state index contributed by atoms with van der Waals surface area (Å²) in [5.41, 5.74) is 13.4. The number of carbonyl (C=O) groups is 8. The summed E-state index contributed by atoms with van der Waals surface area (Å²) >= 11 is 3.87. The van der Waals surface area contributed by atoms with Crippen LogP contribution in [0.2, 0.25) is 0 Å². The van der Waals surface area contributed by atoms with Gasteiger partial charge in [-0.3, -0.25) is 33.6 Å². The van der Waals surface area contributed by atoms with Crippen LogP contribution in [0.1, 0.15) is 49.7 Å². The molecule has 3 aromatic rings. The number of phenols is 1. The number of unbranched alkanes of at least 4 members (excludes halogenated alkanes) is 1. The van der Waals surface area contributed by atoms with Crippen molar-refractivity contribution >= 4 is 71.0 Å². The van der Waals surface area contributed by atoms with E-state index in [0.717, 1.165) is 0 Å². The number of para-hydroxylation sites is 1. The van der Waals surface area contributed by atoms with Gasteiger partial charge in [-0.05, 0) is 55.1 Å². The number of fused-ring (bicyclic) bond motifs is 1. The third-order valence-corrected chi connectivity index (χ3v) is 9.50. The summed E-state index contributed by atoms with van der Waals surface area (Å²) < 4.78 is 0. The maximum absolute atomic E-state index is 14.1. The number of nitrogens with one attached hydrogen (secondary N) is 6. The molecule has 5 amide bonds. The number of aliphatic carboxylic acids is 3. The van der Waals surface area contributed by atoms with Crippen LogP contribution < -0.4 is 38.1 Å². The molecule has 0 fully saturated rings. The van der Waals surface area contributed by atoms with Crippen molar-refractivity contribution in [3.63, 3.8) is 0 Å². The van der Waals surface area contributed by atoms with Crippen LogP contribution in [0.3, 0.4) is 0 Å². The number of thiol groups is 1. The van der Waals surface area contributed by atoms with Gasteiger partial charge in [-0.2, -0.15) is 12.6 Å². The molecule has 1 heterocycles. The Bertz CT molecular complexity index is 1960. The zero-order valence-electron chi connectivity index (χ0n) is 31.9. The highest BCUT2D eigenvalue weighted by molar-refractivity contribution is 7.80. The fourth-order valence-corrected chi connectivity index (χ4v) is 6.17. The Labute approximate surface area is 343 Å². The lowest BCUT2D eigenvalue weighted by molar-refractivity contribution is -0.143. The van der Waals surface area contributed by atoms with E-state index in [9.17, 15) is 58.8 Å². The molecule has 0 saturated carbocycles. The highest BCUT2D eigenvalue weighted by atomic mass is 32.1. The minimum atomic E-state index is -1.90. The molecule has 320 valence electrons. The summed E-state index contributed by atoms with van der Waals surface area (Å²) in [4.78, 5) is 106. The topological polar surface area (TPSA) is 345 Å². The predicted octanol–water partition coefficient (Wildman–Crippen LogP) is -1.11. The molecule has 0 saturated heterocycles. The lowest BCUT2D eigenvalue weighted by Gasteiger charge is -2.27. The van der Waals surface area contributed by atoms with Crippen LogP contribution in [-0.2, 0) is 51.2 Å². The lowest BCUT2D eigenvalue weighted by atomic mass is 10.0. The SMILES string of the molecule is NCCCCC(N)C(=O)NC(Cc1ccc(O)cc1)C(=O)N[C@@H](Cc1c[nH]c2ccccc12)C(=O)NC(CC(=O)O)C(=O)NC(CCC(=O)O)C(=O)NC(CS)C(=O)O. The van der Waals surface area contributed by atoms with Crippen molar-refractivity contribution in [3.05, 3.63) is 65.9 Å². The number of carboxylic acids is 3. The second-order valence-corrected chi connectivity index (χ2v) is 14.0. The van der Waals surface area contributed by atoms with Gasteiger partial charge in [-0.1, -0.05) is 36.8 Å². The first-order valence-corrected chi connectivity index (χ1v) is 19.2. The smallest absolute Gasteiger partial charge is 0.327 e. The van der Waals surface area contributed by atoms with E-state index in [4.69, 9.17) is 11.5 Å². The van der Waals surface area contributed by atoms with Gasteiger partial charge in [0.15, 0.2) is 0 Å². The molecule has 6 atom stereocenters. The number of carboxylic acid groups (broad SMARTS) is 3. The minimum absolute atomic E-state index is 0.0490. The third kappa shape index (κ3) is 15.2. The Morgan fingerprint density at radius 2 is 1.22 bits per heavy atom. The zero-order chi connectivity index (χ0) is 43.6. The number of phenolic OH excluding ortho intramolecular Hbond substituents is 1. The Morgan fingerprint density at radius 3 is 1.83 bits per heavy atom. The van der Waals surface area contributed by atoms with E-state index in [-0.39, 0.29) is 30.8 Å². The second-order valence-electron chi connectivity index (χ2n) is 13.7. The number of aromatic hydroxyl groups is 1. The van der Waals surface area contributed by atoms with Crippen molar-refractivity contribution in [2.24, 2.45) is 11.5 Å². The van der Waals surface area contributed by atoms with Gasteiger partial charge in [-0.15, -0.1) is 0 Å². The monoisotopic (exact) mass is 842 g/mol. The molecule has 0 aliphatic carbocycles. The number of aromatic amines is 1. The van der Waals surface area contributed by atoms with E-state index >= 15 is 0 Å². The summed E-state index contributed by atoms with van der Waals surface area (Å²) in [6, 6.07) is 3.88. The highest BCUT2D eigenvalue weighted by Gasteiger charge is 2.34. The molecule has 5 unspecified atom stereocenters. The molecule has 3 rings (SSSR count). The molecule has 1 aromatic heterocycles. The summed E-state index contributed by atoms with van der Waals surface area (Å²) in [6.45, 7) is 0.388. The van der Waals surface area contributed by atoms with Crippen molar-refractivity contribution in [1.82, 2.24) is 31.6 Å². The van der Waals surface area contributed by atoms with Crippen LogP contribution in [0, 0.1) is 0 Å². The number of aromatic nitrogens is 1. The molecule has 2 aromatic carbocycles. The molecule has 14 N–H and O–H groups in total. The van der Waals surface area contributed by atoms with Gasteiger partial charge in [0.05, 0.1) is 12.5 Å². The second kappa shape index (κ2) is 23.3. The van der Waals surface area contributed by atoms with Crippen LogP contribution >= 0.6 is 12.6 Å². The largest absolute Gasteiger partial charge is 0.508 e. The summed E-state index contributed by atoms with van der Waals surface area (Å²) in [5.74, 6) is -9.71. The molecule has 21 heteroatoms. The number of benzene rings is 2. The predicted molar refractivity (Wildman–Crippen MR) is 215 cm³/mol. The van der Waals surface area contributed by atoms with E-state index < -0.39 is 103 Å². The van der Waals surface area contributed by atoms with E-state index in [0.29, 0.717) is 41.4 Å². The molecule has 0 aliphatic heterocycles. The number of hydrogen-bond acceptors (Lipinski definition) is 12. The van der Waals surface area contributed by atoms with Gasteiger partial charge in [-0.25, -0.2) is 4.79 Å².